The standard InChI is InChI=1S/C12H11ClO/c13-12(8-14)11-6-5-9-3-1-2-4-10(9)7-11/h1-7,12,14H,8H2. The highest BCUT2D eigenvalue weighted by Gasteiger charge is 2.05. The van der Waals surface area contributed by atoms with Crippen LogP contribution in [0.1, 0.15) is 10.9 Å². The van der Waals surface area contributed by atoms with Gasteiger partial charge in [0.1, 0.15) is 0 Å². The van der Waals surface area contributed by atoms with E-state index in [0.717, 1.165) is 10.9 Å². The van der Waals surface area contributed by atoms with E-state index in [1.54, 1.807) is 0 Å². The number of alkyl halides is 1. The van der Waals surface area contributed by atoms with Crippen molar-refractivity contribution in [3.8, 4) is 0 Å². The molecular weight excluding hydrogens is 196 g/mol. The van der Waals surface area contributed by atoms with Crippen LogP contribution in [0.5, 0.6) is 0 Å². The first-order valence-corrected chi connectivity index (χ1v) is 4.98. The zero-order valence-corrected chi connectivity index (χ0v) is 8.41. The van der Waals surface area contributed by atoms with Gasteiger partial charge in [-0.05, 0) is 22.4 Å². The highest BCUT2D eigenvalue weighted by molar-refractivity contribution is 6.21. The molecule has 0 aliphatic rings. The smallest absolute Gasteiger partial charge is 0.0816 e. The Hall–Kier alpha value is -1.05. The zero-order chi connectivity index (χ0) is 9.97. The average Bonchev–Trinajstić information content (AvgIpc) is 2.27. The van der Waals surface area contributed by atoms with E-state index in [4.69, 9.17) is 16.7 Å². The molecule has 1 N–H and O–H groups in total. The summed E-state index contributed by atoms with van der Waals surface area (Å²) in [6.45, 7) is -0.0279. The molecule has 0 spiro atoms. The minimum atomic E-state index is -0.306. The molecule has 72 valence electrons. The predicted molar refractivity (Wildman–Crippen MR) is 59.6 cm³/mol. The first kappa shape index (κ1) is 9.50. The summed E-state index contributed by atoms with van der Waals surface area (Å²) < 4.78 is 0. The Morgan fingerprint density at radius 1 is 1.07 bits per heavy atom. The minimum absolute atomic E-state index is 0.0279. The van der Waals surface area contributed by atoms with Crippen LogP contribution in [0.2, 0.25) is 0 Å². The molecule has 0 fully saturated rings. The van der Waals surface area contributed by atoms with Gasteiger partial charge in [0, 0.05) is 0 Å². The summed E-state index contributed by atoms with van der Waals surface area (Å²) in [5.74, 6) is 0. The molecule has 0 radical (unpaired) electrons. The Balaban J connectivity index is 2.51. The summed E-state index contributed by atoms with van der Waals surface area (Å²) in [5, 5.41) is 11.0. The van der Waals surface area contributed by atoms with Crippen molar-refractivity contribution in [3.05, 3.63) is 48.0 Å². The molecule has 0 aromatic heterocycles. The maximum atomic E-state index is 8.93. The van der Waals surface area contributed by atoms with Crippen LogP contribution in [0.3, 0.4) is 0 Å². The molecule has 14 heavy (non-hydrogen) atoms. The van der Waals surface area contributed by atoms with Crippen LogP contribution in [0.15, 0.2) is 42.5 Å². The average molecular weight is 207 g/mol. The first-order valence-electron chi connectivity index (χ1n) is 4.55. The van der Waals surface area contributed by atoms with Gasteiger partial charge < -0.3 is 5.11 Å². The Morgan fingerprint density at radius 3 is 2.50 bits per heavy atom. The van der Waals surface area contributed by atoms with Gasteiger partial charge in [0.25, 0.3) is 0 Å². The van der Waals surface area contributed by atoms with Crippen LogP contribution in [0.4, 0.5) is 0 Å². The quantitative estimate of drug-likeness (QED) is 0.749. The summed E-state index contributed by atoms with van der Waals surface area (Å²) in [5.41, 5.74) is 0.966. The van der Waals surface area contributed by atoms with Gasteiger partial charge in [-0.2, -0.15) is 0 Å². The third-order valence-corrected chi connectivity index (χ3v) is 2.69. The molecule has 0 bridgehead atoms. The molecule has 0 saturated heterocycles. The van der Waals surface area contributed by atoms with Crippen LogP contribution in [-0.4, -0.2) is 11.7 Å². The van der Waals surface area contributed by atoms with Gasteiger partial charge in [0.05, 0.1) is 12.0 Å². The number of hydrogen-bond acceptors (Lipinski definition) is 1. The number of hydrogen-bond donors (Lipinski definition) is 1. The van der Waals surface area contributed by atoms with Crippen molar-refractivity contribution >= 4 is 22.4 Å². The normalized spacial score (nSPS) is 13.0. The largest absolute Gasteiger partial charge is 0.394 e. The Kier molecular flexibility index (Phi) is 2.71. The summed E-state index contributed by atoms with van der Waals surface area (Å²) in [4.78, 5) is 0. The van der Waals surface area contributed by atoms with Gasteiger partial charge in [-0.1, -0.05) is 36.4 Å². The molecule has 1 unspecified atom stereocenters. The van der Waals surface area contributed by atoms with Gasteiger partial charge in [-0.3, -0.25) is 0 Å². The SMILES string of the molecule is OCC(Cl)c1ccc2ccccc2c1. The van der Waals surface area contributed by atoms with Gasteiger partial charge in [0.2, 0.25) is 0 Å². The van der Waals surface area contributed by atoms with Crippen LogP contribution in [0, 0.1) is 0 Å². The lowest BCUT2D eigenvalue weighted by molar-refractivity contribution is 0.294. The maximum absolute atomic E-state index is 8.93. The molecule has 0 aliphatic heterocycles. The van der Waals surface area contributed by atoms with E-state index in [0.29, 0.717) is 0 Å². The third-order valence-electron chi connectivity index (χ3n) is 2.30. The monoisotopic (exact) mass is 206 g/mol. The van der Waals surface area contributed by atoms with Crippen LogP contribution >= 0.6 is 11.6 Å². The van der Waals surface area contributed by atoms with Gasteiger partial charge >= 0.3 is 0 Å². The van der Waals surface area contributed by atoms with Crippen molar-refractivity contribution in [1.29, 1.82) is 0 Å². The number of aliphatic hydroxyl groups excluding tert-OH is 1. The fourth-order valence-electron chi connectivity index (χ4n) is 1.51. The lowest BCUT2D eigenvalue weighted by Gasteiger charge is -2.07. The highest BCUT2D eigenvalue weighted by atomic mass is 35.5. The fraction of sp³-hybridized carbons (Fsp3) is 0.167. The van der Waals surface area contributed by atoms with E-state index < -0.39 is 0 Å². The van der Waals surface area contributed by atoms with Crippen LogP contribution in [0.25, 0.3) is 10.8 Å². The van der Waals surface area contributed by atoms with Crippen molar-refractivity contribution in [3.63, 3.8) is 0 Å². The molecule has 2 aromatic rings. The number of halogens is 1. The van der Waals surface area contributed by atoms with Crippen molar-refractivity contribution in [2.75, 3.05) is 6.61 Å². The molecule has 0 saturated carbocycles. The van der Waals surface area contributed by atoms with Crippen LogP contribution < -0.4 is 0 Å². The number of rotatable bonds is 2. The first-order chi connectivity index (χ1) is 6.81. The van der Waals surface area contributed by atoms with Gasteiger partial charge in [-0.15, -0.1) is 11.6 Å². The second-order valence-corrected chi connectivity index (χ2v) is 3.78. The Labute approximate surface area is 87.9 Å². The van der Waals surface area contributed by atoms with Gasteiger partial charge in [0.15, 0.2) is 0 Å². The molecule has 0 amide bonds. The van der Waals surface area contributed by atoms with E-state index in [9.17, 15) is 0 Å². The molecule has 0 heterocycles. The Bertz CT molecular complexity index is 439. The Morgan fingerprint density at radius 2 is 1.79 bits per heavy atom. The number of aliphatic hydroxyl groups is 1. The molecule has 1 nitrogen and oxygen atoms in total. The summed E-state index contributed by atoms with van der Waals surface area (Å²) in [6, 6.07) is 14.1. The second kappa shape index (κ2) is 3.99. The zero-order valence-electron chi connectivity index (χ0n) is 7.65. The third kappa shape index (κ3) is 1.74. The predicted octanol–water partition coefficient (Wildman–Crippen LogP) is 3.11. The number of benzene rings is 2. The highest BCUT2D eigenvalue weighted by Crippen LogP contribution is 2.23. The fourth-order valence-corrected chi connectivity index (χ4v) is 1.64. The second-order valence-electron chi connectivity index (χ2n) is 3.26. The molecule has 2 aromatic carbocycles. The van der Waals surface area contributed by atoms with Crippen molar-refractivity contribution < 1.29 is 5.11 Å². The van der Waals surface area contributed by atoms with E-state index in [2.05, 4.69) is 6.07 Å². The van der Waals surface area contributed by atoms with E-state index in [1.807, 2.05) is 36.4 Å². The maximum Gasteiger partial charge on any atom is 0.0816 e. The lowest BCUT2D eigenvalue weighted by Crippen LogP contribution is -1.95. The van der Waals surface area contributed by atoms with Crippen molar-refractivity contribution in [2.45, 2.75) is 5.38 Å². The van der Waals surface area contributed by atoms with Gasteiger partial charge in [-0.25, -0.2) is 0 Å². The topological polar surface area (TPSA) is 20.2 Å². The lowest BCUT2D eigenvalue weighted by atomic mass is 10.1. The molecule has 2 heteroatoms. The van der Waals surface area contributed by atoms with Crippen molar-refractivity contribution in [1.82, 2.24) is 0 Å². The molecular formula is C12H11ClO. The summed E-state index contributed by atoms with van der Waals surface area (Å²) in [7, 11) is 0. The molecule has 0 aliphatic carbocycles. The number of fused-ring (bicyclic) bond motifs is 1. The summed E-state index contributed by atoms with van der Waals surface area (Å²) in [6.07, 6.45) is 0. The summed E-state index contributed by atoms with van der Waals surface area (Å²) >= 11 is 5.94. The van der Waals surface area contributed by atoms with E-state index in [1.165, 1.54) is 5.39 Å². The minimum Gasteiger partial charge on any atom is -0.394 e. The van der Waals surface area contributed by atoms with Crippen molar-refractivity contribution in [2.24, 2.45) is 0 Å². The van der Waals surface area contributed by atoms with Crippen LogP contribution in [-0.2, 0) is 0 Å². The molecule has 1 atom stereocenters. The van der Waals surface area contributed by atoms with E-state index >= 15 is 0 Å². The van der Waals surface area contributed by atoms with E-state index in [-0.39, 0.29) is 12.0 Å². The molecule has 2 rings (SSSR count).